The molecule has 2 aromatic carbocycles. The second-order valence-corrected chi connectivity index (χ2v) is 16.7. The third-order valence-electron chi connectivity index (χ3n) is 9.77. The lowest BCUT2D eigenvalue weighted by atomic mass is 9.94. The number of halogens is 1. The van der Waals surface area contributed by atoms with E-state index in [4.69, 9.17) is 26.2 Å². The van der Waals surface area contributed by atoms with Crippen molar-refractivity contribution in [1.29, 1.82) is 0 Å². The molecule has 3 aromatic rings. The average Bonchev–Trinajstić information content (AvgIpc) is 4.08. The Kier molecular flexibility index (Phi) is 13.4. The summed E-state index contributed by atoms with van der Waals surface area (Å²) in [5, 5.41) is 50.0. The maximum atomic E-state index is 13.1. The molecule has 2 aliphatic carbocycles. The van der Waals surface area contributed by atoms with E-state index in [1.54, 1.807) is 6.20 Å². The van der Waals surface area contributed by atoms with E-state index >= 15 is 0 Å². The summed E-state index contributed by atoms with van der Waals surface area (Å²) >= 11 is 6.66. The van der Waals surface area contributed by atoms with Crippen LogP contribution in [0.5, 0.6) is 5.75 Å². The maximum absolute atomic E-state index is 13.1. The first kappa shape index (κ1) is 40.1. The summed E-state index contributed by atoms with van der Waals surface area (Å²) in [5.41, 5.74) is 4.36. The van der Waals surface area contributed by atoms with Crippen LogP contribution in [0.15, 0.2) is 60.9 Å². The molecule has 0 bridgehead atoms. The number of para-hydroxylation sites is 1. The normalized spacial score (nSPS) is 18.2. The number of carbonyl (C=O) groups is 1. The number of rotatable bonds is 20. The Balaban J connectivity index is 1.23. The van der Waals surface area contributed by atoms with Gasteiger partial charge in [0.2, 0.25) is 0 Å². The second-order valence-electron chi connectivity index (χ2n) is 14.0. The molecular weight excluding hydrogens is 712 g/mol. The third-order valence-corrected chi connectivity index (χ3v) is 11.1. The van der Waals surface area contributed by atoms with E-state index in [1.807, 2.05) is 55.6 Å². The number of benzene rings is 2. The fourth-order valence-corrected chi connectivity index (χ4v) is 6.93. The number of pyridine rings is 1. The molecule has 2 aliphatic rings. The van der Waals surface area contributed by atoms with E-state index in [0.29, 0.717) is 17.9 Å². The van der Waals surface area contributed by atoms with E-state index in [2.05, 4.69) is 11.1 Å². The van der Waals surface area contributed by atoms with Crippen molar-refractivity contribution in [2.24, 2.45) is 0 Å². The zero-order valence-electron chi connectivity index (χ0n) is 29.5. The minimum absolute atomic E-state index is 0.00249. The van der Waals surface area contributed by atoms with Crippen LogP contribution in [0.25, 0.3) is 11.1 Å². The topological polar surface area (TPSA) is 187 Å². The molecule has 1 aromatic heterocycles. The summed E-state index contributed by atoms with van der Waals surface area (Å²) in [4.78, 5) is 18.7. The first-order valence-electron chi connectivity index (χ1n) is 17.7. The van der Waals surface area contributed by atoms with Gasteiger partial charge in [0, 0.05) is 47.9 Å². The molecule has 0 spiro atoms. The van der Waals surface area contributed by atoms with Gasteiger partial charge in [-0.1, -0.05) is 48.9 Å². The quantitative estimate of drug-likeness (QED) is 0.114. The van der Waals surface area contributed by atoms with E-state index in [-0.39, 0.29) is 37.5 Å². The van der Waals surface area contributed by atoms with Gasteiger partial charge in [0.05, 0.1) is 30.7 Å². The van der Waals surface area contributed by atoms with Gasteiger partial charge in [-0.25, -0.2) is 8.42 Å². The molecule has 0 radical (unpaired) electrons. The zero-order valence-corrected chi connectivity index (χ0v) is 31.0. The van der Waals surface area contributed by atoms with Crippen molar-refractivity contribution in [2.75, 3.05) is 31.7 Å². The van der Waals surface area contributed by atoms with Crippen LogP contribution in [0.2, 0.25) is 5.02 Å². The second kappa shape index (κ2) is 17.3. The van der Waals surface area contributed by atoms with Gasteiger partial charge in [0.25, 0.3) is 5.91 Å². The number of carbonyl (C=O) groups excluding carboxylic acids is 1. The fraction of sp³-hybridized carbons (Fsp3) is 0.526. The highest BCUT2D eigenvalue weighted by molar-refractivity contribution is 7.90. The van der Waals surface area contributed by atoms with Gasteiger partial charge in [-0.05, 0) is 79.3 Å². The lowest BCUT2D eigenvalue weighted by Crippen LogP contribution is -2.53. The van der Waals surface area contributed by atoms with Crippen LogP contribution in [0.1, 0.15) is 68.1 Å². The Bertz CT molecular complexity index is 1780. The number of nitrogens with zero attached hydrogens (tertiary/aromatic N) is 2. The molecule has 5 N–H and O–H groups in total. The summed E-state index contributed by atoms with van der Waals surface area (Å²) in [7, 11) is -3.47. The lowest BCUT2D eigenvalue weighted by molar-refractivity contribution is -0.158. The van der Waals surface area contributed by atoms with Crippen LogP contribution in [0.3, 0.4) is 0 Å². The highest BCUT2D eigenvalue weighted by Crippen LogP contribution is 2.53. The van der Waals surface area contributed by atoms with E-state index in [1.165, 1.54) is 0 Å². The fourth-order valence-electron chi connectivity index (χ4n) is 6.20. The Morgan fingerprint density at radius 2 is 1.77 bits per heavy atom. The predicted octanol–water partition coefficient (Wildman–Crippen LogP) is 3.34. The van der Waals surface area contributed by atoms with Gasteiger partial charge < -0.3 is 39.9 Å². The number of aliphatic hydroxyl groups excluding tert-OH is 5. The molecule has 5 rings (SSSR count). The van der Waals surface area contributed by atoms with Crippen LogP contribution >= 0.6 is 11.6 Å². The first-order valence-corrected chi connectivity index (χ1v) is 20.1. The molecule has 2 fully saturated rings. The third kappa shape index (κ3) is 10.3. The molecule has 14 heteroatoms. The molecule has 284 valence electrons. The van der Waals surface area contributed by atoms with Gasteiger partial charge in [-0.15, -0.1) is 0 Å². The van der Waals surface area contributed by atoms with Crippen molar-refractivity contribution >= 4 is 27.3 Å². The van der Waals surface area contributed by atoms with Crippen molar-refractivity contribution in [2.45, 2.75) is 94.1 Å². The molecule has 5 atom stereocenters. The number of sulfone groups is 1. The Morgan fingerprint density at radius 3 is 2.44 bits per heavy atom. The summed E-state index contributed by atoms with van der Waals surface area (Å²) in [6.45, 7) is 1.22. The number of aromatic nitrogens is 1. The van der Waals surface area contributed by atoms with E-state index < -0.39 is 52.4 Å². The minimum atomic E-state index is -3.47. The number of hydrogen-bond acceptors (Lipinski definition) is 11. The number of hydrogen-bond donors (Lipinski definition) is 5. The van der Waals surface area contributed by atoms with Crippen molar-refractivity contribution in [3.8, 4) is 16.9 Å². The molecule has 12 nitrogen and oxygen atoms in total. The smallest absolute Gasteiger partial charge is 0.254 e. The molecular formula is C38H49ClN2O10S. The first-order chi connectivity index (χ1) is 24.7. The number of ether oxygens (including phenoxy) is 2. The average molecular weight is 761 g/mol. The highest BCUT2D eigenvalue weighted by Gasteiger charge is 2.48. The largest absolute Gasteiger partial charge is 0.490 e. The highest BCUT2D eigenvalue weighted by atomic mass is 35.5. The van der Waals surface area contributed by atoms with Gasteiger partial charge in [-0.3, -0.25) is 9.78 Å². The lowest BCUT2D eigenvalue weighted by Gasteiger charge is -2.30. The van der Waals surface area contributed by atoms with Crippen LogP contribution in [-0.2, 0) is 31.6 Å². The van der Waals surface area contributed by atoms with E-state index in [9.17, 15) is 33.6 Å². The van der Waals surface area contributed by atoms with Crippen molar-refractivity contribution in [3.05, 3.63) is 82.6 Å². The SMILES string of the molecule is CC(CCCN(CCS(C)(=O)=O)C(=O)C(O)C(O)C(O)C(O)CO)c1ccc(Cl)c(COC2(c3cnccc3-c3ccccc3OC3CC3)CC2)c1. The summed E-state index contributed by atoms with van der Waals surface area (Å²) in [5.74, 6) is -0.514. The van der Waals surface area contributed by atoms with Crippen molar-refractivity contribution in [1.82, 2.24) is 9.88 Å². The molecule has 1 amide bonds. The van der Waals surface area contributed by atoms with E-state index in [0.717, 1.165) is 70.4 Å². The van der Waals surface area contributed by atoms with Crippen LogP contribution < -0.4 is 4.74 Å². The summed E-state index contributed by atoms with van der Waals surface area (Å²) < 4.78 is 36.6. The molecule has 0 saturated heterocycles. The van der Waals surface area contributed by atoms with Gasteiger partial charge in [0.15, 0.2) is 6.10 Å². The molecule has 52 heavy (non-hydrogen) atoms. The van der Waals surface area contributed by atoms with Gasteiger partial charge in [-0.2, -0.15) is 0 Å². The number of amides is 1. The van der Waals surface area contributed by atoms with Gasteiger partial charge in [0.1, 0.15) is 33.9 Å². The van der Waals surface area contributed by atoms with Gasteiger partial charge >= 0.3 is 0 Å². The Hall–Kier alpha value is -3.14. The van der Waals surface area contributed by atoms with Crippen molar-refractivity contribution in [3.63, 3.8) is 0 Å². The minimum Gasteiger partial charge on any atom is -0.490 e. The van der Waals surface area contributed by atoms with Crippen LogP contribution in [0.4, 0.5) is 0 Å². The molecule has 0 aliphatic heterocycles. The zero-order chi connectivity index (χ0) is 37.6. The summed E-state index contributed by atoms with van der Waals surface area (Å²) in [6.07, 6.45) is 1.74. The number of aliphatic hydroxyl groups is 5. The predicted molar refractivity (Wildman–Crippen MR) is 196 cm³/mol. The molecule has 2 saturated carbocycles. The molecule has 5 unspecified atom stereocenters. The van der Waals surface area contributed by atoms with Crippen molar-refractivity contribution < 1.29 is 48.2 Å². The van der Waals surface area contributed by atoms with Crippen LogP contribution in [0, 0.1) is 0 Å². The maximum Gasteiger partial charge on any atom is 0.254 e. The Morgan fingerprint density at radius 1 is 1.04 bits per heavy atom. The standard InChI is InChI=1S/C38H49ClN2O10S/c1-24(6-5-17-41(18-19-52(2,48)49)37(47)36(46)35(45)34(44)32(43)22-42)25-9-12-31(39)26(20-25)23-50-38(14-15-38)30-21-40-16-13-28(30)29-7-3-4-8-33(29)51-27-10-11-27/h3-4,7-9,12-13,16,20-21,24,27,32,34-36,42-46H,5-6,10-11,14-15,17-19,22-23H2,1-2H3. The summed E-state index contributed by atoms with van der Waals surface area (Å²) in [6, 6.07) is 15.8. The monoisotopic (exact) mass is 760 g/mol. The molecule has 1 heterocycles. The van der Waals surface area contributed by atoms with Crippen LogP contribution in [-0.4, -0.2) is 112 Å². The Labute approximate surface area is 309 Å².